The number of benzene rings is 1. The third kappa shape index (κ3) is 8.04. The molecule has 6 heterocycles. The maximum absolute atomic E-state index is 13.4. The first kappa shape index (κ1) is 39.1. The quantitative estimate of drug-likeness (QED) is 0.129. The van der Waals surface area contributed by atoms with Crippen molar-refractivity contribution in [3.8, 4) is 0 Å². The van der Waals surface area contributed by atoms with E-state index >= 15 is 0 Å². The number of nitrogens with zero attached hydrogens (tertiary/aromatic N) is 8. The summed E-state index contributed by atoms with van der Waals surface area (Å²) in [5, 5.41) is 6.39. The molecule has 15 heteroatoms. The molecule has 15 nitrogen and oxygen atoms in total. The molecule has 1 unspecified atom stereocenters. The standard InChI is InChI=1S/C43H52N10O5/c1-49(2)41(57)34-25-29-26-45-43(48-38(29)52(34)30-13-7-8-14-30)46-35-18-16-31(27-44-35)51-23-21-50(22-24-51)20-9-5-3-4-6-11-28-12-10-15-32-37(28)42(58)53(40(32)56)33-17-19-36(54)47-39(33)55/h10,12,15-16,18,25-27,30,33H,3-9,11,13-14,17,19-24H2,1-2H3,(H,47,54,55)(H,44,45,46,48). The van der Waals surface area contributed by atoms with Gasteiger partial charge in [-0.2, -0.15) is 4.98 Å². The van der Waals surface area contributed by atoms with Crippen LogP contribution in [0.25, 0.3) is 11.0 Å². The maximum atomic E-state index is 13.4. The Hall–Kier alpha value is -5.70. The van der Waals surface area contributed by atoms with E-state index < -0.39 is 23.8 Å². The average Bonchev–Trinajstić information content (AvgIpc) is 3.95. The van der Waals surface area contributed by atoms with Crippen LogP contribution in [0.15, 0.2) is 48.8 Å². The Balaban J connectivity index is 0.762. The van der Waals surface area contributed by atoms with E-state index in [2.05, 4.69) is 41.0 Å². The van der Waals surface area contributed by atoms with E-state index in [1.54, 1.807) is 37.3 Å². The van der Waals surface area contributed by atoms with Gasteiger partial charge < -0.3 is 19.7 Å². The van der Waals surface area contributed by atoms with Crippen LogP contribution in [-0.2, 0) is 16.0 Å². The van der Waals surface area contributed by atoms with Crippen molar-refractivity contribution in [2.24, 2.45) is 0 Å². The monoisotopic (exact) mass is 788 g/mol. The van der Waals surface area contributed by atoms with Gasteiger partial charge in [0.2, 0.25) is 17.8 Å². The number of anilines is 3. The third-order valence-electron chi connectivity index (χ3n) is 12.1. The zero-order valence-corrected chi connectivity index (χ0v) is 33.4. The van der Waals surface area contributed by atoms with Crippen molar-refractivity contribution in [3.05, 3.63) is 71.2 Å². The normalized spacial score (nSPS) is 19.0. The zero-order valence-electron chi connectivity index (χ0n) is 33.4. The number of carbonyl (C=O) groups is 5. The highest BCUT2D eigenvalue weighted by Gasteiger charge is 2.45. The van der Waals surface area contributed by atoms with Crippen molar-refractivity contribution in [2.45, 2.75) is 89.1 Å². The number of aryl methyl sites for hydroxylation is 1. The summed E-state index contributed by atoms with van der Waals surface area (Å²) in [6.45, 7) is 4.92. The second-order valence-electron chi connectivity index (χ2n) is 16.2. The Labute approximate surface area is 338 Å². The number of amides is 5. The summed E-state index contributed by atoms with van der Waals surface area (Å²) in [4.78, 5) is 85.3. The van der Waals surface area contributed by atoms with Crippen LogP contribution in [0.4, 0.5) is 17.5 Å². The van der Waals surface area contributed by atoms with Crippen LogP contribution in [-0.4, -0.2) is 117 Å². The Morgan fingerprint density at radius 2 is 1.66 bits per heavy atom. The molecule has 3 aliphatic heterocycles. The van der Waals surface area contributed by atoms with E-state index in [0.717, 1.165) is 118 Å². The average molecular weight is 789 g/mol. The number of pyridine rings is 1. The van der Waals surface area contributed by atoms with E-state index in [9.17, 15) is 24.0 Å². The number of rotatable bonds is 14. The lowest BCUT2D eigenvalue weighted by atomic mass is 9.97. The molecule has 4 aliphatic rings. The molecule has 2 saturated heterocycles. The molecule has 304 valence electrons. The number of aromatic nitrogens is 4. The molecular formula is C43H52N10O5. The minimum absolute atomic E-state index is 0.0288. The Bertz CT molecular complexity index is 2200. The van der Waals surface area contributed by atoms with Gasteiger partial charge in [0.05, 0.1) is 23.0 Å². The summed E-state index contributed by atoms with van der Waals surface area (Å²) < 4.78 is 2.12. The SMILES string of the molecule is CN(C)C(=O)c1cc2cnc(Nc3ccc(N4CCN(CCCCCCCc5cccc6c5C(=O)N(C5CCC(=O)NC5=O)C6=O)CC4)cn3)nc2n1C1CCCC1. The first-order chi connectivity index (χ1) is 28.2. The summed E-state index contributed by atoms with van der Waals surface area (Å²) in [7, 11) is 3.55. The Morgan fingerprint density at radius 1 is 0.879 bits per heavy atom. The van der Waals surface area contributed by atoms with Crippen molar-refractivity contribution >= 4 is 58.0 Å². The number of hydrogen-bond acceptors (Lipinski definition) is 11. The van der Waals surface area contributed by atoms with Crippen LogP contribution in [0.1, 0.15) is 113 Å². The van der Waals surface area contributed by atoms with Crippen molar-refractivity contribution in [1.82, 2.24) is 39.5 Å². The minimum atomic E-state index is -0.949. The van der Waals surface area contributed by atoms with Gasteiger partial charge in [-0.25, -0.2) is 9.97 Å². The minimum Gasteiger partial charge on any atom is -0.368 e. The van der Waals surface area contributed by atoms with Gasteiger partial charge in [0, 0.05) is 64.3 Å². The first-order valence-corrected chi connectivity index (χ1v) is 20.8. The van der Waals surface area contributed by atoms with E-state index in [-0.39, 0.29) is 30.7 Å². The molecule has 1 aromatic carbocycles. The van der Waals surface area contributed by atoms with Crippen LogP contribution in [0.2, 0.25) is 0 Å². The lowest BCUT2D eigenvalue weighted by molar-refractivity contribution is -0.136. The van der Waals surface area contributed by atoms with Crippen molar-refractivity contribution in [1.29, 1.82) is 0 Å². The van der Waals surface area contributed by atoms with Crippen molar-refractivity contribution < 1.29 is 24.0 Å². The molecule has 0 bridgehead atoms. The number of piperidine rings is 1. The van der Waals surface area contributed by atoms with Crippen LogP contribution in [0.5, 0.6) is 0 Å². The molecule has 0 radical (unpaired) electrons. The fourth-order valence-electron chi connectivity index (χ4n) is 8.96. The molecule has 1 atom stereocenters. The summed E-state index contributed by atoms with van der Waals surface area (Å²) >= 11 is 0. The number of carbonyl (C=O) groups excluding carboxylic acids is 5. The third-order valence-corrected chi connectivity index (χ3v) is 12.1. The molecule has 1 aliphatic carbocycles. The smallest absolute Gasteiger partial charge is 0.270 e. The molecule has 3 aromatic heterocycles. The van der Waals surface area contributed by atoms with Crippen LogP contribution in [0.3, 0.4) is 0 Å². The van der Waals surface area contributed by atoms with Gasteiger partial charge >= 0.3 is 0 Å². The van der Waals surface area contributed by atoms with Gasteiger partial charge in [-0.3, -0.25) is 39.1 Å². The summed E-state index contributed by atoms with van der Waals surface area (Å²) in [6, 6.07) is 10.6. The largest absolute Gasteiger partial charge is 0.368 e. The highest BCUT2D eigenvalue weighted by Crippen LogP contribution is 2.35. The Kier molecular flexibility index (Phi) is 11.5. The highest BCUT2D eigenvalue weighted by atomic mass is 16.2. The van der Waals surface area contributed by atoms with Gasteiger partial charge in [-0.15, -0.1) is 0 Å². The number of nitrogens with one attached hydrogen (secondary N) is 2. The molecule has 1 saturated carbocycles. The molecule has 4 aromatic rings. The summed E-state index contributed by atoms with van der Waals surface area (Å²) in [5.74, 6) is -0.771. The Morgan fingerprint density at radius 3 is 2.40 bits per heavy atom. The second kappa shape index (κ2) is 17.0. The van der Waals surface area contributed by atoms with E-state index in [0.29, 0.717) is 35.0 Å². The lowest BCUT2D eigenvalue weighted by Crippen LogP contribution is -2.54. The van der Waals surface area contributed by atoms with Crippen molar-refractivity contribution in [2.75, 3.05) is 57.0 Å². The van der Waals surface area contributed by atoms with Crippen LogP contribution in [0, 0.1) is 0 Å². The van der Waals surface area contributed by atoms with E-state index in [4.69, 9.17) is 4.98 Å². The summed E-state index contributed by atoms with van der Waals surface area (Å²) in [6.07, 6.45) is 14.3. The number of piperazine rings is 1. The summed E-state index contributed by atoms with van der Waals surface area (Å²) in [5.41, 5.74) is 4.11. The molecule has 5 amide bonds. The van der Waals surface area contributed by atoms with E-state index in [1.807, 2.05) is 24.4 Å². The fraction of sp³-hybridized carbons (Fsp3) is 0.488. The zero-order chi connectivity index (χ0) is 40.3. The molecule has 8 rings (SSSR count). The highest BCUT2D eigenvalue weighted by molar-refractivity contribution is 6.24. The van der Waals surface area contributed by atoms with Gasteiger partial charge in [-0.05, 0) is 74.9 Å². The first-order valence-electron chi connectivity index (χ1n) is 20.8. The molecule has 0 spiro atoms. The topological polar surface area (TPSA) is 166 Å². The molecule has 58 heavy (non-hydrogen) atoms. The van der Waals surface area contributed by atoms with Crippen LogP contribution >= 0.6 is 0 Å². The lowest BCUT2D eigenvalue weighted by Gasteiger charge is -2.36. The van der Waals surface area contributed by atoms with Gasteiger partial charge in [0.25, 0.3) is 17.7 Å². The van der Waals surface area contributed by atoms with Gasteiger partial charge in [0.15, 0.2) is 0 Å². The van der Waals surface area contributed by atoms with Crippen LogP contribution < -0.4 is 15.5 Å². The number of hydrogen-bond donors (Lipinski definition) is 2. The maximum Gasteiger partial charge on any atom is 0.270 e. The molecular weight excluding hydrogens is 737 g/mol. The number of unbranched alkanes of at least 4 members (excludes halogenated alkanes) is 4. The molecule has 2 N–H and O–H groups in total. The van der Waals surface area contributed by atoms with Gasteiger partial charge in [0.1, 0.15) is 23.2 Å². The predicted molar refractivity (Wildman–Crippen MR) is 219 cm³/mol. The second-order valence-corrected chi connectivity index (χ2v) is 16.2. The van der Waals surface area contributed by atoms with Gasteiger partial charge in [-0.1, -0.05) is 44.2 Å². The molecule has 3 fully saturated rings. The number of imide groups is 2. The fourth-order valence-corrected chi connectivity index (χ4v) is 8.96. The van der Waals surface area contributed by atoms with Crippen molar-refractivity contribution in [3.63, 3.8) is 0 Å². The number of fused-ring (bicyclic) bond motifs is 2. The van der Waals surface area contributed by atoms with E-state index in [1.165, 1.54) is 0 Å². The predicted octanol–water partition coefficient (Wildman–Crippen LogP) is 5.10.